The molecule has 3 aliphatic rings. The molecule has 2 heterocycles. The van der Waals surface area contributed by atoms with Crippen LogP contribution in [-0.2, 0) is 14.4 Å². The number of carbonyl (C=O) groups is 4. The number of carbonyl (C=O) groups excluding carboxylic acids is 4. The van der Waals surface area contributed by atoms with E-state index in [-0.39, 0.29) is 47.2 Å². The fourth-order valence-corrected chi connectivity index (χ4v) is 5.23. The van der Waals surface area contributed by atoms with Gasteiger partial charge >= 0.3 is 0 Å². The van der Waals surface area contributed by atoms with Gasteiger partial charge in [-0.15, -0.1) is 0 Å². The highest BCUT2D eigenvalue weighted by Crippen LogP contribution is 2.31. The van der Waals surface area contributed by atoms with Crippen LogP contribution in [0.5, 0.6) is 5.75 Å². The average molecular weight is 432 g/mol. The zero-order valence-corrected chi connectivity index (χ0v) is 17.7. The Morgan fingerprint density at radius 2 is 1.83 bits per heavy atom. The standard InChI is InChI=1S/C21H25N3O5S/c1-29-15-8-6-14(7-9-15)23-11-13(10-18(23)25)20(27)22-16-4-2-3-5-17(16)24-19(26)12-30-21(24)28/h6-9,13,16-17H,2-5,10-12H2,1H3,(H,22,27). The van der Waals surface area contributed by atoms with Crippen LogP contribution in [0.2, 0.25) is 0 Å². The van der Waals surface area contributed by atoms with Crippen LogP contribution in [0.25, 0.3) is 0 Å². The van der Waals surface area contributed by atoms with Gasteiger partial charge in [-0.1, -0.05) is 24.6 Å². The van der Waals surface area contributed by atoms with Gasteiger partial charge < -0.3 is 15.0 Å². The predicted molar refractivity (Wildman–Crippen MR) is 112 cm³/mol. The summed E-state index contributed by atoms with van der Waals surface area (Å²) in [6, 6.07) is 6.61. The maximum Gasteiger partial charge on any atom is 0.289 e. The molecule has 0 aromatic heterocycles. The Labute approximate surface area is 179 Å². The molecule has 30 heavy (non-hydrogen) atoms. The van der Waals surface area contributed by atoms with Crippen LogP contribution in [-0.4, -0.2) is 59.4 Å². The minimum atomic E-state index is -0.457. The molecule has 8 nitrogen and oxygen atoms in total. The fourth-order valence-electron chi connectivity index (χ4n) is 4.47. The highest BCUT2D eigenvalue weighted by atomic mass is 32.2. The topological polar surface area (TPSA) is 96.0 Å². The van der Waals surface area contributed by atoms with Crippen molar-refractivity contribution < 1.29 is 23.9 Å². The molecule has 3 fully saturated rings. The van der Waals surface area contributed by atoms with Crippen LogP contribution in [0.15, 0.2) is 24.3 Å². The number of anilines is 1. The number of benzene rings is 1. The molecule has 1 aromatic rings. The van der Waals surface area contributed by atoms with Crippen LogP contribution in [0.1, 0.15) is 32.1 Å². The monoisotopic (exact) mass is 431 g/mol. The highest BCUT2D eigenvalue weighted by Gasteiger charge is 2.42. The van der Waals surface area contributed by atoms with Crippen LogP contribution in [0, 0.1) is 5.92 Å². The van der Waals surface area contributed by atoms with Gasteiger partial charge in [-0.3, -0.25) is 24.1 Å². The van der Waals surface area contributed by atoms with Gasteiger partial charge in [0.25, 0.3) is 5.24 Å². The van der Waals surface area contributed by atoms with Crippen molar-refractivity contribution in [3.63, 3.8) is 0 Å². The number of nitrogens with one attached hydrogen (secondary N) is 1. The lowest BCUT2D eigenvalue weighted by molar-refractivity contribution is -0.130. The zero-order valence-electron chi connectivity index (χ0n) is 16.8. The normalized spacial score (nSPS) is 27.0. The van der Waals surface area contributed by atoms with E-state index < -0.39 is 5.92 Å². The number of amides is 4. The molecule has 0 radical (unpaired) electrons. The van der Waals surface area contributed by atoms with Gasteiger partial charge in [0, 0.05) is 24.7 Å². The predicted octanol–water partition coefficient (Wildman–Crippen LogP) is 2.17. The molecule has 9 heteroatoms. The third-order valence-electron chi connectivity index (χ3n) is 6.05. The van der Waals surface area contributed by atoms with Crippen molar-refractivity contribution in [1.82, 2.24) is 10.2 Å². The molecule has 160 valence electrons. The first-order valence-electron chi connectivity index (χ1n) is 10.2. The molecule has 0 bridgehead atoms. The van der Waals surface area contributed by atoms with Gasteiger partial charge in [0.1, 0.15) is 5.75 Å². The summed E-state index contributed by atoms with van der Waals surface area (Å²) in [7, 11) is 1.58. The van der Waals surface area contributed by atoms with E-state index in [1.165, 1.54) is 4.90 Å². The third-order valence-corrected chi connectivity index (χ3v) is 6.89. The maximum atomic E-state index is 13.0. The molecule has 2 aliphatic heterocycles. The molecular formula is C21H25N3O5S. The van der Waals surface area contributed by atoms with E-state index in [4.69, 9.17) is 4.74 Å². The van der Waals surface area contributed by atoms with Crippen molar-refractivity contribution >= 4 is 40.4 Å². The fraction of sp³-hybridized carbons (Fsp3) is 0.524. The smallest absolute Gasteiger partial charge is 0.289 e. The van der Waals surface area contributed by atoms with Gasteiger partial charge in [0.05, 0.1) is 24.8 Å². The zero-order chi connectivity index (χ0) is 21.3. The van der Waals surface area contributed by atoms with E-state index in [2.05, 4.69) is 5.32 Å². The van der Waals surface area contributed by atoms with Crippen molar-refractivity contribution in [3.8, 4) is 5.75 Å². The van der Waals surface area contributed by atoms with Gasteiger partial charge in [-0.25, -0.2) is 0 Å². The summed E-state index contributed by atoms with van der Waals surface area (Å²) in [6.07, 6.45) is 3.43. The quantitative estimate of drug-likeness (QED) is 0.768. The Bertz CT molecular complexity index is 843. The van der Waals surface area contributed by atoms with Gasteiger partial charge in [0.15, 0.2) is 0 Å². The summed E-state index contributed by atoms with van der Waals surface area (Å²) >= 11 is 1.02. The third kappa shape index (κ3) is 4.03. The number of methoxy groups -OCH3 is 1. The van der Waals surface area contributed by atoms with Crippen LogP contribution in [0.3, 0.4) is 0 Å². The Morgan fingerprint density at radius 3 is 2.50 bits per heavy atom. The van der Waals surface area contributed by atoms with Gasteiger partial charge in [-0.05, 0) is 37.1 Å². The van der Waals surface area contributed by atoms with Crippen LogP contribution in [0.4, 0.5) is 10.5 Å². The molecule has 1 N–H and O–H groups in total. The van der Waals surface area contributed by atoms with Crippen molar-refractivity contribution in [2.75, 3.05) is 24.3 Å². The Hall–Kier alpha value is -2.55. The molecular weight excluding hydrogens is 406 g/mol. The lowest BCUT2D eigenvalue weighted by atomic mass is 9.88. The van der Waals surface area contributed by atoms with Crippen molar-refractivity contribution in [2.45, 2.75) is 44.2 Å². The molecule has 2 saturated heterocycles. The van der Waals surface area contributed by atoms with E-state index >= 15 is 0 Å². The second-order valence-corrected chi connectivity index (χ2v) is 8.82. The summed E-state index contributed by atoms with van der Waals surface area (Å²) in [5.74, 6) is -0.0549. The van der Waals surface area contributed by atoms with Gasteiger partial charge in [-0.2, -0.15) is 0 Å². The van der Waals surface area contributed by atoms with Gasteiger partial charge in [0.2, 0.25) is 17.7 Å². The van der Waals surface area contributed by atoms with E-state index in [0.29, 0.717) is 18.7 Å². The van der Waals surface area contributed by atoms with Crippen LogP contribution >= 0.6 is 11.8 Å². The molecule has 1 aromatic carbocycles. The van der Waals surface area contributed by atoms with Crippen molar-refractivity contribution in [1.29, 1.82) is 0 Å². The highest BCUT2D eigenvalue weighted by molar-refractivity contribution is 8.14. The molecule has 4 rings (SSSR count). The average Bonchev–Trinajstić information content (AvgIpc) is 3.30. The van der Waals surface area contributed by atoms with E-state index in [9.17, 15) is 19.2 Å². The molecule has 1 aliphatic carbocycles. The molecule has 4 amide bonds. The minimum Gasteiger partial charge on any atom is -0.497 e. The largest absolute Gasteiger partial charge is 0.497 e. The summed E-state index contributed by atoms with van der Waals surface area (Å²) in [5, 5.41) is 2.82. The number of ether oxygens (including phenoxy) is 1. The summed E-state index contributed by atoms with van der Waals surface area (Å²) in [5.41, 5.74) is 0.733. The summed E-state index contributed by atoms with van der Waals surface area (Å²) in [6.45, 7) is 0.311. The molecule has 0 spiro atoms. The van der Waals surface area contributed by atoms with E-state index in [1.807, 2.05) is 0 Å². The lowest BCUT2D eigenvalue weighted by Crippen LogP contribution is -2.55. The minimum absolute atomic E-state index is 0.0955. The Morgan fingerprint density at radius 1 is 1.10 bits per heavy atom. The van der Waals surface area contributed by atoms with E-state index in [0.717, 1.165) is 36.7 Å². The van der Waals surface area contributed by atoms with Crippen molar-refractivity contribution in [2.24, 2.45) is 5.92 Å². The molecule has 3 unspecified atom stereocenters. The molecule has 1 saturated carbocycles. The number of thioether (sulfide) groups is 1. The first-order chi connectivity index (χ1) is 14.5. The Kier molecular flexibility index (Phi) is 5.99. The SMILES string of the molecule is COc1ccc(N2CC(C(=O)NC3CCCCC3N3C(=O)CSC3=O)CC2=O)cc1. The first-order valence-corrected chi connectivity index (χ1v) is 11.2. The van der Waals surface area contributed by atoms with Crippen LogP contribution < -0.4 is 15.0 Å². The summed E-state index contributed by atoms with van der Waals surface area (Å²) < 4.78 is 5.15. The number of rotatable bonds is 5. The molecule has 3 atom stereocenters. The maximum absolute atomic E-state index is 13.0. The lowest BCUT2D eigenvalue weighted by Gasteiger charge is -2.37. The second kappa shape index (κ2) is 8.67. The number of hydrogen-bond acceptors (Lipinski definition) is 6. The summed E-state index contributed by atoms with van der Waals surface area (Å²) in [4.78, 5) is 52.7. The number of hydrogen-bond donors (Lipinski definition) is 1. The first kappa shape index (κ1) is 20.7. The number of imide groups is 1. The van der Waals surface area contributed by atoms with Crippen molar-refractivity contribution in [3.05, 3.63) is 24.3 Å². The Balaban J connectivity index is 1.42. The van der Waals surface area contributed by atoms with E-state index in [1.54, 1.807) is 36.3 Å². The number of nitrogens with zero attached hydrogens (tertiary/aromatic N) is 2. The second-order valence-electron chi connectivity index (χ2n) is 7.89.